The zero-order chi connectivity index (χ0) is 13.8. The second-order valence-electron chi connectivity index (χ2n) is 4.19. The van der Waals surface area contributed by atoms with Crippen molar-refractivity contribution in [1.82, 2.24) is 4.90 Å². The number of carbonyl (C=O) groups is 2. The molecule has 0 aromatic rings. The summed E-state index contributed by atoms with van der Waals surface area (Å²) in [5.41, 5.74) is 0. The van der Waals surface area contributed by atoms with Gasteiger partial charge >= 0.3 is 12.1 Å². The van der Waals surface area contributed by atoms with E-state index in [0.717, 1.165) is 18.4 Å². The lowest BCUT2D eigenvalue weighted by molar-refractivity contribution is -0.145. The molecule has 5 nitrogen and oxygen atoms in total. The summed E-state index contributed by atoms with van der Waals surface area (Å²) in [4.78, 5) is 23.7. The Morgan fingerprint density at radius 1 is 1.44 bits per heavy atom. The largest absolute Gasteiger partial charge is 0.467 e. The van der Waals surface area contributed by atoms with Crippen LogP contribution >= 0.6 is 0 Å². The lowest BCUT2D eigenvalue weighted by Crippen LogP contribution is -2.41. The third kappa shape index (κ3) is 3.54. The number of ether oxygens (including phenoxy) is 2. The Morgan fingerprint density at radius 2 is 2.11 bits per heavy atom. The highest BCUT2D eigenvalue weighted by molar-refractivity contribution is 5.82. The van der Waals surface area contributed by atoms with Gasteiger partial charge in [0.15, 0.2) is 0 Å². The summed E-state index contributed by atoms with van der Waals surface area (Å²) in [6.45, 7) is 1.26. The molecule has 7 heteroatoms. The van der Waals surface area contributed by atoms with E-state index in [2.05, 4.69) is 4.74 Å². The van der Waals surface area contributed by atoms with E-state index < -0.39 is 37.0 Å². The molecule has 1 amide bonds. The summed E-state index contributed by atoms with van der Waals surface area (Å²) in [5.74, 6) is -3.93. The second-order valence-corrected chi connectivity index (χ2v) is 4.19. The van der Waals surface area contributed by atoms with E-state index in [0.29, 0.717) is 6.42 Å². The Labute approximate surface area is 104 Å². The minimum absolute atomic E-state index is 0.158. The van der Waals surface area contributed by atoms with Gasteiger partial charge in [-0.05, 0) is 6.42 Å². The maximum atomic E-state index is 13.2. The van der Waals surface area contributed by atoms with Crippen molar-refractivity contribution in [2.45, 2.75) is 38.2 Å². The number of unbranched alkanes of at least 4 members (excludes halogenated alkanes) is 1. The predicted molar refractivity (Wildman–Crippen MR) is 58.3 cm³/mol. The molecule has 0 saturated carbocycles. The standard InChI is InChI=1S/C11H17F2NO4/c1-3-4-5-18-10(16)14-7-11(12,13)6-8(14)9(15)17-2/h8H,3-7H2,1-2H3/t8-/m0/s1. The number of hydrogen-bond acceptors (Lipinski definition) is 4. The fourth-order valence-electron chi connectivity index (χ4n) is 1.74. The van der Waals surface area contributed by atoms with Crippen LogP contribution < -0.4 is 0 Å². The average Bonchev–Trinajstić information content (AvgIpc) is 2.64. The van der Waals surface area contributed by atoms with Crippen molar-refractivity contribution in [3.63, 3.8) is 0 Å². The summed E-state index contributed by atoms with van der Waals surface area (Å²) in [6.07, 6.45) is -0.137. The third-order valence-corrected chi connectivity index (χ3v) is 2.70. The van der Waals surface area contributed by atoms with Crippen LogP contribution in [0.25, 0.3) is 0 Å². The summed E-state index contributed by atoms with van der Waals surface area (Å²) in [5, 5.41) is 0. The van der Waals surface area contributed by atoms with Crippen LogP contribution in [0.1, 0.15) is 26.2 Å². The number of methoxy groups -OCH3 is 1. The molecule has 0 bridgehead atoms. The maximum Gasteiger partial charge on any atom is 0.410 e. The molecular formula is C11H17F2NO4. The van der Waals surface area contributed by atoms with E-state index in [4.69, 9.17) is 4.74 Å². The van der Waals surface area contributed by atoms with Crippen LogP contribution in [0.4, 0.5) is 13.6 Å². The lowest BCUT2D eigenvalue weighted by Gasteiger charge is -2.21. The number of carbonyl (C=O) groups excluding carboxylic acids is 2. The molecule has 1 fully saturated rings. The molecule has 0 radical (unpaired) electrons. The summed E-state index contributed by atoms with van der Waals surface area (Å²) in [6, 6.07) is -1.26. The Balaban J connectivity index is 2.65. The van der Waals surface area contributed by atoms with Crippen LogP contribution in [-0.2, 0) is 14.3 Å². The summed E-state index contributed by atoms with van der Waals surface area (Å²) in [7, 11) is 1.10. The number of halogens is 2. The van der Waals surface area contributed by atoms with Crippen LogP contribution in [-0.4, -0.2) is 49.2 Å². The van der Waals surface area contributed by atoms with Crippen LogP contribution in [0.15, 0.2) is 0 Å². The van der Waals surface area contributed by atoms with E-state index in [9.17, 15) is 18.4 Å². The predicted octanol–water partition coefficient (Wildman–Crippen LogP) is 1.81. The van der Waals surface area contributed by atoms with Gasteiger partial charge in [0.25, 0.3) is 5.92 Å². The van der Waals surface area contributed by atoms with Crippen molar-refractivity contribution >= 4 is 12.1 Å². The van der Waals surface area contributed by atoms with Gasteiger partial charge in [-0.1, -0.05) is 13.3 Å². The van der Waals surface area contributed by atoms with E-state index >= 15 is 0 Å². The van der Waals surface area contributed by atoms with Crippen LogP contribution in [0.3, 0.4) is 0 Å². The first kappa shape index (κ1) is 14.7. The van der Waals surface area contributed by atoms with Gasteiger partial charge in [0.05, 0.1) is 20.3 Å². The van der Waals surface area contributed by atoms with Crippen molar-refractivity contribution in [2.24, 2.45) is 0 Å². The first-order valence-corrected chi connectivity index (χ1v) is 5.80. The van der Waals surface area contributed by atoms with E-state index in [1.807, 2.05) is 6.92 Å². The molecule has 0 N–H and O–H groups in total. The maximum absolute atomic E-state index is 13.2. The van der Waals surface area contributed by atoms with Gasteiger partial charge in [-0.15, -0.1) is 0 Å². The zero-order valence-corrected chi connectivity index (χ0v) is 10.4. The molecular weight excluding hydrogens is 248 g/mol. The van der Waals surface area contributed by atoms with Gasteiger partial charge in [-0.3, -0.25) is 4.90 Å². The first-order valence-electron chi connectivity index (χ1n) is 5.80. The molecule has 1 aliphatic heterocycles. The highest BCUT2D eigenvalue weighted by atomic mass is 19.3. The molecule has 0 spiro atoms. The van der Waals surface area contributed by atoms with Crippen LogP contribution in [0.2, 0.25) is 0 Å². The fourth-order valence-corrected chi connectivity index (χ4v) is 1.74. The minimum atomic E-state index is -3.08. The van der Waals surface area contributed by atoms with Crippen molar-refractivity contribution < 1.29 is 27.8 Å². The molecule has 1 atom stereocenters. The van der Waals surface area contributed by atoms with Gasteiger partial charge in [0.1, 0.15) is 6.04 Å². The molecule has 1 heterocycles. The normalized spacial score (nSPS) is 21.8. The number of nitrogens with zero attached hydrogens (tertiary/aromatic N) is 1. The van der Waals surface area contributed by atoms with Gasteiger partial charge in [-0.2, -0.15) is 0 Å². The Hall–Kier alpha value is -1.40. The van der Waals surface area contributed by atoms with E-state index in [1.165, 1.54) is 0 Å². The highest BCUT2D eigenvalue weighted by Crippen LogP contribution is 2.32. The number of likely N-dealkylation sites (tertiary alicyclic amines) is 1. The molecule has 0 aliphatic carbocycles. The number of esters is 1. The van der Waals surface area contributed by atoms with Crippen molar-refractivity contribution in [3.8, 4) is 0 Å². The SMILES string of the molecule is CCCCOC(=O)N1CC(F)(F)C[C@H]1C(=O)OC. The Morgan fingerprint density at radius 3 is 2.67 bits per heavy atom. The fraction of sp³-hybridized carbons (Fsp3) is 0.818. The number of rotatable bonds is 4. The van der Waals surface area contributed by atoms with Gasteiger partial charge in [0, 0.05) is 6.42 Å². The molecule has 0 aromatic carbocycles. The first-order chi connectivity index (χ1) is 8.41. The molecule has 104 valence electrons. The van der Waals surface area contributed by atoms with E-state index in [-0.39, 0.29) is 6.61 Å². The van der Waals surface area contributed by atoms with Crippen molar-refractivity contribution in [3.05, 3.63) is 0 Å². The summed E-state index contributed by atoms with van der Waals surface area (Å²) >= 11 is 0. The minimum Gasteiger partial charge on any atom is -0.467 e. The molecule has 1 rings (SSSR count). The molecule has 18 heavy (non-hydrogen) atoms. The monoisotopic (exact) mass is 265 g/mol. The molecule has 1 saturated heterocycles. The average molecular weight is 265 g/mol. The smallest absolute Gasteiger partial charge is 0.410 e. The third-order valence-electron chi connectivity index (χ3n) is 2.70. The number of alkyl halides is 2. The number of hydrogen-bond donors (Lipinski definition) is 0. The molecule has 1 aliphatic rings. The van der Waals surface area contributed by atoms with Crippen LogP contribution in [0.5, 0.6) is 0 Å². The van der Waals surface area contributed by atoms with Crippen molar-refractivity contribution in [2.75, 3.05) is 20.3 Å². The van der Waals surface area contributed by atoms with Gasteiger partial charge in [-0.25, -0.2) is 18.4 Å². The van der Waals surface area contributed by atoms with E-state index in [1.54, 1.807) is 0 Å². The highest BCUT2D eigenvalue weighted by Gasteiger charge is 2.51. The lowest BCUT2D eigenvalue weighted by atomic mass is 10.2. The summed E-state index contributed by atoms with van der Waals surface area (Å²) < 4.78 is 35.7. The quantitative estimate of drug-likeness (QED) is 0.574. The Bertz CT molecular complexity index is 322. The molecule has 0 aromatic heterocycles. The van der Waals surface area contributed by atoms with Gasteiger partial charge < -0.3 is 9.47 Å². The zero-order valence-electron chi connectivity index (χ0n) is 10.4. The topological polar surface area (TPSA) is 55.8 Å². The number of amides is 1. The molecule has 0 unspecified atom stereocenters. The second kappa shape index (κ2) is 5.97. The van der Waals surface area contributed by atoms with Crippen molar-refractivity contribution in [1.29, 1.82) is 0 Å². The van der Waals surface area contributed by atoms with Gasteiger partial charge in [0.2, 0.25) is 0 Å². The Kier molecular flexibility index (Phi) is 4.86. The van der Waals surface area contributed by atoms with Crippen LogP contribution in [0, 0.1) is 0 Å².